The van der Waals surface area contributed by atoms with Gasteiger partial charge in [0, 0.05) is 24.1 Å². The Morgan fingerprint density at radius 3 is 2.50 bits per heavy atom. The van der Waals surface area contributed by atoms with E-state index < -0.39 is 0 Å². The van der Waals surface area contributed by atoms with Crippen molar-refractivity contribution in [2.45, 2.75) is 6.54 Å². The molecule has 0 atom stereocenters. The second kappa shape index (κ2) is 6.17. The Kier molecular flexibility index (Phi) is 5.15. The summed E-state index contributed by atoms with van der Waals surface area (Å²) in [7, 11) is 4.12. The van der Waals surface area contributed by atoms with Crippen LogP contribution < -0.4 is 5.32 Å². The van der Waals surface area contributed by atoms with Crippen LogP contribution in [-0.4, -0.2) is 32.1 Å². The molecule has 0 saturated carbocycles. The summed E-state index contributed by atoms with van der Waals surface area (Å²) in [6, 6.07) is 8.47. The van der Waals surface area contributed by atoms with E-state index in [-0.39, 0.29) is 0 Å². The minimum atomic E-state index is 1.01. The fraction of sp³-hybridized carbons (Fsp3) is 0.455. The zero-order valence-electron chi connectivity index (χ0n) is 8.76. The van der Waals surface area contributed by atoms with Gasteiger partial charge in [0.1, 0.15) is 0 Å². The van der Waals surface area contributed by atoms with Crippen molar-refractivity contribution in [1.29, 1.82) is 0 Å². The fourth-order valence-corrected chi connectivity index (χ4v) is 1.55. The minimum Gasteiger partial charge on any atom is -0.318 e. The summed E-state index contributed by atoms with van der Waals surface area (Å²) >= 11 is 3.43. The van der Waals surface area contributed by atoms with E-state index in [0.29, 0.717) is 0 Å². The molecule has 0 aliphatic carbocycles. The molecule has 78 valence electrons. The second-order valence-corrected chi connectivity index (χ2v) is 4.38. The Bertz CT molecular complexity index is 258. The van der Waals surface area contributed by atoms with Gasteiger partial charge in [0.15, 0.2) is 0 Å². The Hall–Kier alpha value is -0.380. The van der Waals surface area contributed by atoms with Gasteiger partial charge in [-0.2, -0.15) is 0 Å². The second-order valence-electron chi connectivity index (χ2n) is 3.47. The van der Waals surface area contributed by atoms with E-state index in [0.717, 1.165) is 24.1 Å². The van der Waals surface area contributed by atoms with Crippen LogP contribution in [0.15, 0.2) is 28.7 Å². The maximum Gasteiger partial charge on any atom is 0.0231 e. The van der Waals surface area contributed by atoms with Crippen molar-refractivity contribution >= 4 is 15.9 Å². The number of hydrogen-bond acceptors (Lipinski definition) is 2. The van der Waals surface area contributed by atoms with E-state index in [1.807, 2.05) is 7.05 Å². The highest BCUT2D eigenvalue weighted by Crippen LogP contribution is 2.11. The summed E-state index contributed by atoms with van der Waals surface area (Å²) in [5.41, 5.74) is 1.35. The number of likely N-dealkylation sites (N-methyl/N-ethyl adjacent to an activating group) is 2. The molecule has 1 aromatic carbocycles. The number of nitrogens with zero attached hydrogens (tertiary/aromatic N) is 1. The van der Waals surface area contributed by atoms with Crippen molar-refractivity contribution in [3.05, 3.63) is 34.3 Å². The molecule has 0 fully saturated rings. The van der Waals surface area contributed by atoms with Crippen LogP contribution in [0.2, 0.25) is 0 Å². The van der Waals surface area contributed by atoms with Crippen LogP contribution in [0.1, 0.15) is 5.56 Å². The van der Waals surface area contributed by atoms with E-state index in [1.165, 1.54) is 5.56 Å². The Morgan fingerprint density at radius 2 is 1.93 bits per heavy atom. The van der Waals surface area contributed by atoms with E-state index in [2.05, 4.69) is 57.5 Å². The van der Waals surface area contributed by atoms with Crippen LogP contribution in [0.25, 0.3) is 0 Å². The molecule has 3 heteroatoms. The van der Waals surface area contributed by atoms with Crippen LogP contribution in [0.4, 0.5) is 0 Å². The summed E-state index contributed by atoms with van der Waals surface area (Å²) in [4.78, 5) is 2.31. The number of benzene rings is 1. The Balaban J connectivity index is 2.39. The van der Waals surface area contributed by atoms with Crippen molar-refractivity contribution < 1.29 is 0 Å². The van der Waals surface area contributed by atoms with Gasteiger partial charge in [0.25, 0.3) is 0 Å². The summed E-state index contributed by atoms with van der Waals surface area (Å²) in [6.45, 7) is 3.12. The molecule has 0 amide bonds. The number of hydrogen-bond donors (Lipinski definition) is 1. The Morgan fingerprint density at radius 1 is 1.29 bits per heavy atom. The van der Waals surface area contributed by atoms with Gasteiger partial charge in [-0.25, -0.2) is 0 Å². The summed E-state index contributed by atoms with van der Waals surface area (Å²) in [5, 5.41) is 3.14. The first-order chi connectivity index (χ1) is 6.72. The molecular formula is C11H17BrN2. The van der Waals surface area contributed by atoms with Gasteiger partial charge < -0.3 is 10.2 Å². The third-order valence-corrected chi connectivity index (χ3v) is 2.64. The van der Waals surface area contributed by atoms with Crippen LogP contribution in [0.5, 0.6) is 0 Å². The van der Waals surface area contributed by atoms with E-state index in [9.17, 15) is 0 Å². The largest absolute Gasteiger partial charge is 0.318 e. The average molecular weight is 257 g/mol. The molecular weight excluding hydrogens is 240 g/mol. The highest BCUT2D eigenvalue weighted by Gasteiger charge is 1.98. The summed E-state index contributed by atoms with van der Waals surface area (Å²) < 4.78 is 1.14. The zero-order chi connectivity index (χ0) is 10.4. The Labute approximate surface area is 94.4 Å². The molecule has 1 rings (SSSR count). The van der Waals surface area contributed by atoms with Crippen molar-refractivity contribution in [1.82, 2.24) is 10.2 Å². The SMILES string of the molecule is CNCCN(C)Cc1ccc(Br)cc1. The fourth-order valence-electron chi connectivity index (χ4n) is 1.28. The molecule has 14 heavy (non-hydrogen) atoms. The molecule has 0 spiro atoms. The third kappa shape index (κ3) is 4.22. The molecule has 0 aliphatic rings. The standard InChI is InChI=1S/C11H17BrN2/c1-13-7-8-14(2)9-10-3-5-11(12)6-4-10/h3-6,13H,7-9H2,1-2H3. The molecule has 0 unspecified atom stereocenters. The van der Waals surface area contributed by atoms with E-state index >= 15 is 0 Å². The quantitative estimate of drug-likeness (QED) is 0.869. The van der Waals surface area contributed by atoms with Gasteiger partial charge in [-0.15, -0.1) is 0 Å². The number of rotatable bonds is 5. The lowest BCUT2D eigenvalue weighted by molar-refractivity contribution is 0.328. The highest BCUT2D eigenvalue weighted by molar-refractivity contribution is 9.10. The monoisotopic (exact) mass is 256 g/mol. The van der Waals surface area contributed by atoms with Crippen molar-refractivity contribution in [3.63, 3.8) is 0 Å². The number of halogens is 1. The molecule has 0 bridgehead atoms. The van der Waals surface area contributed by atoms with Crippen molar-refractivity contribution in [2.24, 2.45) is 0 Å². The maximum atomic E-state index is 3.43. The number of nitrogens with one attached hydrogen (secondary N) is 1. The van der Waals surface area contributed by atoms with Gasteiger partial charge in [0.2, 0.25) is 0 Å². The van der Waals surface area contributed by atoms with Crippen LogP contribution in [-0.2, 0) is 6.54 Å². The molecule has 2 nitrogen and oxygen atoms in total. The van der Waals surface area contributed by atoms with Crippen LogP contribution >= 0.6 is 15.9 Å². The molecule has 0 saturated heterocycles. The first kappa shape index (κ1) is 11.7. The highest BCUT2D eigenvalue weighted by atomic mass is 79.9. The molecule has 0 aromatic heterocycles. The van der Waals surface area contributed by atoms with Gasteiger partial charge >= 0.3 is 0 Å². The van der Waals surface area contributed by atoms with Gasteiger partial charge in [-0.3, -0.25) is 0 Å². The molecule has 0 radical (unpaired) electrons. The van der Waals surface area contributed by atoms with Crippen molar-refractivity contribution in [3.8, 4) is 0 Å². The minimum absolute atomic E-state index is 1.01. The predicted molar refractivity (Wildman–Crippen MR) is 64.4 cm³/mol. The average Bonchev–Trinajstić information content (AvgIpc) is 2.18. The third-order valence-electron chi connectivity index (χ3n) is 2.11. The molecule has 0 aliphatic heterocycles. The lowest BCUT2D eigenvalue weighted by Crippen LogP contribution is -2.26. The predicted octanol–water partition coefficient (Wildman–Crippen LogP) is 2.10. The summed E-state index contributed by atoms with van der Waals surface area (Å²) in [5.74, 6) is 0. The molecule has 1 N–H and O–H groups in total. The topological polar surface area (TPSA) is 15.3 Å². The van der Waals surface area contributed by atoms with E-state index in [4.69, 9.17) is 0 Å². The molecule has 1 aromatic rings. The zero-order valence-corrected chi connectivity index (χ0v) is 10.3. The summed E-state index contributed by atoms with van der Waals surface area (Å²) in [6.07, 6.45) is 0. The van der Waals surface area contributed by atoms with E-state index in [1.54, 1.807) is 0 Å². The van der Waals surface area contributed by atoms with Gasteiger partial charge in [0.05, 0.1) is 0 Å². The molecule has 0 heterocycles. The first-order valence-corrected chi connectivity index (χ1v) is 5.59. The van der Waals surface area contributed by atoms with Gasteiger partial charge in [-0.05, 0) is 31.8 Å². The smallest absolute Gasteiger partial charge is 0.0231 e. The maximum absolute atomic E-state index is 3.43. The van der Waals surface area contributed by atoms with Crippen LogP contribution in [0.3, 0.4) is 0 Å². The van der Waals surface area contributed by atoms with Crippen molar-refractivity contribution in [2.75, 3.05) is 27.2 Å². The lowest BCUT2D eigenvalue weighted by Gasteiger charge is -2.16. The van der Waals surface area contributed by atoms with Gasteiger partial charge in [-0.1, -0.05) is 28.1 Å². The lowest BCUT2D eigenvalue weighted by atomic mass is 10.2. The normalized spacial score (nSPS) is 10.9. The first-order valence-electron chi connectivity index (χ1n) is 4.80. The van der Waals surface area contributed by atoms with Crippen LogP contribution in [0, 0.1) is 0 Å².